The summed E-state index contributed by atoms with van der Waals surface area (Å²) in [6.45, 7) is 1.97. The summed E-state index contributed by atoms with van der Waals surface area (Å²) in [4.78, 5) is 11.7. The number of rotatable bonds is 2. The maximum Gasteiger partial charge on any atom is 0.229 e. The smallest absolute Gasteiger partial charge is 0.229 e. The monoisotopic (exact) mass is 210 g/mol. The van der Waals surface area contributed by atoms with Crippen molar-refractivity contribution < 1.29 is 4.79 Å². The molecule has 1 spiro atoms. The molecule has 1 saturated heterocycles. The molecule has 0 aromatic carbocycles. The summed E-state index contributed by atoms with van der Waals surface area (Å²) >= 11 is 1.35. The molecular weight excluding hydrogens is 200 g/mol. The van der Waals surface area contributed by atoms with E-state index in [4.69, 9.17) is 0 Å². The highest BCUT2D eigenvalue weighted by molar-refractivity contribution is 7.13. The first-order chi connectivity index (χ1) is 6.80. The quantitative estimate of drug-likeness (QED) is 0.725. The van der Waals surface area contributed by atoms with Crippen molar-refractivity contribution in [2.45, 2.75) is 6.42 Å². The number of carbonyl (C=O) groups excluding carboxylic acids is 1. The average Bonchev–Trinajstić information content (AvgIpc) is 2.71. The van der Waals surface area contributed by atoms with E-state index in [2.05, 4.69) is 20.8 Å². The molecule has 1 aromatic rings. The van der Waals surface area contributed by atoms with E-state index in [1.165, 1.54) is 11.3 Å². The Kier molecular flexibility index (Phi) is 1.63. The van der Waals surface area contributed by atoms with Gasteiger partial charge in [-0.05, 0) is 6.42 Å². The molecule has 2 fully saturated rings. The van der Waals surface area contributed by atoms with Crippen LogP contribution in [0.3, 0.4) is 0 Å². The molecule has 1 aliphatic heterocycles. The van der Waals surface area contributed by atoms with Crippen molar-refractivity contribution in [1.82, 2.24) is 15.5 Å². The second-order valence-electron chi connectivity index (χ2n) is 3.96. The van der Waals surface area contributed by atoms with E-state index in [-0.39, 0.29) is 17.2 Å². The normalized spacial score (nSPS) is 27.0. The van der Waals surface area contributed by atoms with Gasteiger partial charge in [-0.25, -0.2) is 0 Å². The summed E-state index contributed by atoms with van der Waals surface area (Å²) in [5.41, 5.74) is 1.90. The maximum atomic E-state index is 11.7. The van der Waals surface area contributed by atoms with Gasteiger partial charge in [-0.2, -0.15) is 0 Å². The van der Waals surface area contributed by atoms with E-state index in [9.17, 15) is 4.79 Å². The van der Waals surface area contributed by atoms with Gasteiger partial charge in [-0.1, -0.05) is 11.3 Å². The Morgan fingerprint density at radius 1 is 1.71 bits per heavy atom. The second-order valence-corrected chi connectivity index (χ2v) is 4.79. The minimum absolute atomic E-state index is 0.100. The molecule has 0 radical (unpaired) electrons. The number of hydrogen-bond donors (Lipinski definition) is 2. The van der Waals surface area contributed by atoms with Gasteiger partial charge < -0.3 is 10.6 Å². The van der Waals surface area contributed by atoms with Crippen molar-refractivity contribution in [1.29, 1.82) is 0 Å². The molecule has 74 valence electrons. The van der Waals surface area contributed by atoms with Crippen molar-refractivity contribution in [3.8, 4) is 0 Å². The second kappa shape index (κ2) is 2.74. The first-order valence-corrected chi connectivity index (χ1v) is 5.46. The van der Waals surface area contributed by atoms with Gasteiger partial charge in [-0.15, -0.1) is 10.2 Å². The topological polar surface area (TPSA) is 66.9 Å². The molecule has 14 heavy (non-hydrogen) atoms. The van der Waals surface area contributed by atoms with E-state index in [0.29, 0.717) is 5.13 Å². The van der Waals surface area contributed by atoms with Crippen LogP contribution in [0, 0.1) is 11.3 Å². The molecule has 1 aromatic heterocycles. The molecule has 3 rings (SSSR count). The fourth-order valence-corrected chi connectivity index (χ4v) is 2.42. The van der Waals surface area contributed by atoms with Crippen molar-refractivity contribution in [3.05, 3.63) is 5.51 Å². The molecule has 5 nitrogen and oxygen atoms in total. The minimum atomic E-state index is 0.100. The molecule has 1 aliphatic carbocycles. The molecule has 1 saturated carbocycles. The molecule has 1 amide bonds. The van der Waals surface area contributed by atoms with Gasteiger partial charge in [0.2, 0.25) is 11.0 Å². The van der Waals surface area contributed by atoms with Gasteiger partial charge in [-0.3, -0.25) is 4.79 Å². The zero-order chi connectivity index (χ0) is 9.60. The fourth-order valence-electron chi connectivity index (χ4n) is 1.98. The van der Waals surface area contributed by atoms with Crippen LogP contribution < -0.4 is 10.6 Å². The fraction of sp³-hybridized carbons (Fsp3) is 0.625. The summed E-state index contributed by atoms with van der Waals surface area (Å²) < 4.78 is 0. The third-order valence-electron chi connectivity index (χ3n) is 3.05. The standard InChI is InChI=1S/C8H10N4OS/c13-6(11-7-12-10-4-14-7)5-1-8(5)2-9-3-8/h4-5,9H,1-3H2,(H,11,12,13). The lowest BCUT2D eigenvalue weighted by Gasteiger charge is -2.27. The summed E-state index contributed by atoms with van der Waals surface area (Å²) in [5, 5.41) is 14.0. The zero-order valence-electron chi connectivity index (χ0n) is 7.49. The lowest BCUT2D eigenvalue weighted by molar-refractivity contribution is -0.118. The van der Waals surface area contributed by atoms with Crippen LogP contribution in [0.2, 0.25) is 0 Å². The molecule has 0 bridgehead atoms. The van der Waals surface area contributed by atoms with E-state index in [0.717, 1.165) is 19.5 Å². The SMILES string of the molecule is O=C(Nc1nncs1)C1CC12CNC2. The van der Waals surface area contributed by atoms with Crippen LogP contribution in [0.5, 0.6) is 0 Å². The Hall–Kier alpha value is -1.01. The van der Waals surface area contributed by atoms with Gasteiger partial charge in [0.05, 0.1) is 0 Å². The number of nitrogens with one attached hydrogen (secondary N) is 2. The number of carbonyl (C=O) groups is 1. The summed E-state index contributed by atoms with van der Waals surface area (Å²) in [5.74, 6) is 0.288. The third kappa shape index (κ3) is 1.14. The molecule has 6 heteroatoms. The van der Waals surface area contributed by atoms with Crippen LogP contribution in [0.1, 0.15) is 6.42 Å². The molecule has 2 aliphatic rings. The van der Waals surface area contributed by atoms with Crippen molar-refractivity contribution in [2.75, 3.05) is 18.4 Å². The number of hydrogen-bond acceptors (Lipinski definition) is 5. The van der Waals surface area contributed by atoms with Gasteiger partial charge in [0.15, 0.2) is 0 Å². The van der Waals surface area contributed by atoms with E-state index in [1.807, 2.05) is 0 Å². The highest BCUT2D eigenvalue weighted by Gasteiger charge is 2.61. The van der Waals surface area contributed by atoms with Crippen molar-refractivity contribution in [3.63, 3.8) is 0 Å². The van der Waals surface area contributed by atoms with Crippen LogP contribution in [0.15, 0.2) is 5.51 Å². The summed E-state index contributed by atoms with van der Waals surface area (Å²) in [7, 11) is 0. The Labute approximate surface area is 84.9 Å². The largest absolute Gasteiger partial charge is 0.315 e. The third-order valence-corrected chi connectivity index (χ3v) is 3.66. The van der Waals surface area contributed by atoms with Gasteiger partial charge >= 0.3 is 0 Å². The minimum Gasteiger partial charge on any atom is -0.315 e. The molecular formula is C8H10N4OS. The molecule has 1 unspecified atom stereocenters. The Bertz CT molecular complexity index is 359. The Morgan fingerprint density at radius 2 is 2.57 bits per heavy atom. The zero-order valence-corrected chi connectivity index (χ0v) is 8.30. The highest BCUT2D eigenvalue weighted by Crippen LogP contribution is 2.55. The van der Waals surface area contributed by atoms with Crippen LogP contribution in [-0.4, -0.2) is 29.2 Å². The van der Waals surface area contributed by atoms with Gasteiger partial charge in [0.25, 0.3) is 0 Å². The number of aromatic nitrogens is 2. The molecule has 2 heterocycles. The van der Waals surface area contributed by atoms with Crippen LogP contribution in [0.4, 0.5) is 5.13 Å². The molecule has 2 N–H and O–H groups in total. The van der Waals surface area contributed by atoms with Crippen LogP contribution in [-0.2, 0) is 4.79 Å². The first-order valence-electron chi connectivity index (χ1n) is 4.58. The van der Waals surface area contributed by atoms with Gasteiger partial charge in [0.1, 0.15) is 5.51 Å². The van der Waals surface area contributed by atoms with Crippen molar-refractivity contribution >= 4 is 22.4 Å². The van der Waals surface area contributed by atoms with E-state index in [1.54, 1.807) is 5.51 Å². The van der Waals surface area contributed by atoms with Crippen LogP contribution in [0.25, 0.3) is 0 Å². The highest BCUT2D eigenvalue weighted by atomic mass is 32.1. The van der Waals surface area contributed by atoms with E-state index < -0.39 is 0 Å². The number of anilines is 1. The lowest BCUT2D eigenvalue weighted by Crippen LogP contribution is -2.46. The number of nitrogens with zero attached hydrogens (tertiary/aromatic N) is 2. The predicted molar refractivity (Wildman–Crippen MR) is 51.9 cm³/mol. The van der Waals surface area contributed by atoms with E-state index >= 15 is 0 Å². The van der Waals surface area contributed by atoms with Crippen molar-refractivity contribution in [2.24, 2.45) is 11.3 Å². The summed E-state index contributed by atoms with van der Waals surface area (Å²) in [6, 6.07) is 0. The lowest BCUT2D eigenvalue weighted by atomic mass is 9.96. The Balaban J connectivity index is 1.62. The first kappa shape index (κ1) is 8.31. The van der Waals surface area contributed by atoms with Crippen LogP contribution >= 0.6 is 11.3 Å². The number of amides is 1. The van der Waals surface area contributed by atoms with Gasteiger partial charge in [0, 0.05) is 24.4 Å². The maximum absolute atomic E-state index is 11.7. The average molecular weight is 210 g/mol. The summed E-state index contributed by atoms with van der Waals surface area (Å²) in [6.07, 6.45) is 1.02. The molecule has 1 atom stereocenters. The predicted octanol–water partition coefficient (Wildman–Crippen LogP) is 0.0861. The Morgan fingerprint density at radius 3 is 3.07 bits per heavy atom.